The molecule has 0 aliphatic rings. The fourth-order valence-electron chi connectivity index (χ4n) is 1.29. The van der Waals surface area contributed by atoms with Crippen LogP contribution < -0.4 is 5.32 Å². The zero-order valence-corrected chi connectivity index (χ0v) is 10.1. The molecule has 0 atom stereocenters. The fourth-order valence-corrected chi connectivity index (χ4v) is 2.03. The van der Waals surface area contributed by atoms with Crippen LogP contribution in [0.15, 0.2) is 29.6 Å². The number of amides is 1. The standard InChI is InChI=1S/C12H11FN2OS/c1-2-11(16)15-12-14-10(7-17-12)8-3-5-9(13)6-4-8/h3-7H,2H2,1H3,(H,14,15,16). The predicted octanol–water partition coefficient (Wildman–Crippen LogP) is 3.30. The van der Waals surface area contributed by atoms with E-state index in [0.717, 1.165) is 11.3 Å². The van der Waals surface area contributed by atoms with Crippen LogP contribution in [0.3, 0.4) is 0 Å². The minimum Gasteiger partial charge on any atom is -0.302 e. The van der Waals surface area contributed by atoms with Crippen LogP contribution in [-0.2, 0) is 4.79 Å². The Balaban J connectivity index is 2.18. The molecule has 5 heteroatoms. The quantitative estimate of drug-likeness (QED) is 0.908. The highest BCUT2D eigenvalue weighted by molar-refractivity contribution is 7.14. The number of thiazole rings is 1. The number of hydrogen-bond donors (Lipinski definition) is 1. The largest absolute Gasteiger partial charge is 0.302 e. The highest BCUT2D eigenvalue weighted by Gasteiger charge is 2.06. The number of carbonyl (C=O) groups excluding carboxylic acids is 1. The van der Waals surface area contributed by atoms with Gasteiger partial charge in [0.2, 0.25) is 5.91 Å². The maximum Gasteiger partial charge on any atom is 0.225 e. The van der Waals surface area contributed by atoms with E-state index in [1.807, 2.05) is 5.38 Å². The van der Waals surface area contributed by atoms with Gasteiger partial charge in [-0.2, -0.15) is 0 Å². The first-order valence-electron chi connectivity index (χ1n) is 5.20. The van der Waals surface area contributed by atoms with Crippen molar-refractivity contribution in [3.8, 4) is 11.3 Å². The molecule has 0 aliphatic heterocycles. The minimum atomic E-state index is -0.275. The summed E-state index contributed by atoms with van der Waals surface area (Å²) >= 11 is 1.36. The third-order valence-electron chi connectivity index (χ3n) is 2.21. The van der Waals surface area contributed by atoms with Gasteiger partial charge < -0.3 is 5.32 Å². The van der Waals surface area contributed by atoms with Gasteiger partial charge in [0.1, 0.15) is 5.82 Å². The first-order chi connectivity index (χ1) is 8.19. The molecule has 0 bridgehead atoms. The lowest BCUT2D eigenvalue weighted by Crippen LogP contribution is -2.08. The average molecular weight is 250 g/mol. The Morgan fingerprint density at radius 3 is 2.76 bits per heavy atom. The smallest absolute Gasteiger partial charge is 0.225 e. The topological polar surface area (TPSA) is 42.0 Å². The third kappa shape index (κ3) is 2.88. The summed E-state index contributed by atoms with van der Waals surface area (Å²) in [6.45, 7) is 1.78. The lowest BCUT2D eigenvalue weighted by Gasteiger charge is -1.97. The number of nitrogens with zero attached hydrogens (tertiary/aromatic N) is 1. The maximum absolute atomic E-state index is 12.8. The summed E-state index contributed by atoms with van der Waals surface area (Å²) in [5.74, 6) is -0.339. The van der Waals surface area contributed by atoms with Crippen LogP contribution in [0.2, 0.25) is 0 Å². The molecule has 0 spiro atoms. The molecule has 1 aromatic carbocycles. The maximum atomic E-state index is 12.8. The van der Waals surface area contributed by atoms with Crippen molar-refractivity contribution in [2.45, 2.75) is 13.3 Å². The van der Waals surface area contributed by atoms with E-state index in [1.165, 1.54) is 23.5 Å². The van der Waals surface area contributed by atoms with Gasteiger partial charge in [-0.15, -0.1) is 11.3 Å². The van der Waals surface area contributed by atoms with Crippen LogP contribution in [0.25, 0.3) is 11.3 Å². The van der Waals surface area contributed by atoms with Crippen molar-refractivity contribution in [3.05, 3.63) is 35.5 Å². The molecule has 0 saturated carbocycles. The summed E-state index contributed by atoms with van der Waals surface area (Å²) in [5, 5.41) is 5.09. The van der Waals surface area contributed by atoms with Gasteiger partial charge in [0.25, 0.3) is 0 Å². The average Bonchev–Trinajstić information content (AvgIpc) is 2.78. The van der Waals surface area contributed by atoms with Crippen molar-refractivity contribution in [1.29, 1.82) is 0 Å². The second-order valence-corrected chi connectivity index (χ2v) is 4.30. The molecule has 2 aromatic rings. The molecular formula is C12H11FN2OS. The zero-order chi connectivity index (χ0) is 12.3. The van der Waals surface area contributed by atoms with Crippen LogP contribution in [0, 0.1) is 5.82 Å². The monoisotopic (exact) mass is 250 g/mol. The van der Waals surface area contributed by atoms with Gasteiger partial charge in [0.15, 0.2) is 5.13 Å². The Kier molecular flexibility index (Phi) is 3.49. The Labute approximate surface area is 102 Å². The lowest BCUT2D eigenvalue weighted by molar-refractivity contribution is -0.115. The number of anilines is 1. The van der Waals surface area contributed by atoms with E-state index in [1.54, 1.807) is 19.1 Å². The van der Waals surface area contributed by atoms with Crippen molar-refractivity contribution in [1.82, 2.24) is 4.98 Å². The van der Waals surface area contributed by atoms with Gasteiger partial charge >= 0.3 is 0 Å². The number of rotatable bonds is 3. The molecule has 1 amide bonds. The summed E-state index contributed by atoms with van der Waals surface area (Å²) in [6, 6.07) is 6.10. The molecule has 0 aliphatic carbocycles. The molecule has 88 valence electrons. The second kappa shape index (κ2) is 5.05. The van der Waals surface area contributed by atoms with Crippen molar-refractivity contribution < 1.29 is 9.18 Å². The Morgan fingerprint density at radius 2 is 2.12 bits per heavy atom. The van der Waals surface area contributed by atoms with E-state index in [2.05, 4.69) is 10.3 Å². The number of halogens is 1. The minimum absolute atomic E-state index is 0.0648. The number of hydrogen-bond acceptors (Lipinski definition) is 3. The number of benzene rings is 1. The molecule has 0 saturated heterocycles. The van der Waals surface area contributed by atoms with Crippen molar-refractivity contribution >= 4 is 22.4 Å². The molecule has 1 N–H and O–H groups in total. The Hall–Kier alpha value is -1.75. The highest BCUT2D eigenvalue weighted by Crippen LogP contribution is 2.24. The third-order valence-corrected chi connectivity index (χ3v) is 2.97. The van der Waals surface area contributed by atoms with Gasteiger partial charge in [0.05, 0.1) is 5.69 Å². The van der Waals surface area contributed by atoms with E-state index in [9.17, 15) is 9.18 Å². The molecule has 3 nitrogen and oxygen atoms in total. The summed E-state index contributed by atoms with van der Waals surface area (Å²) in [6.07, 6.45) is 0.422. The van der Waals surface area contributed by atoms with E-state index < -0.39 is 0 Å². The molecule has 0 fully saturated rings. The summed E-state index contributed by atoms with van der Waals surface area (Å²) in [7, 11) is 0. The van der Waals surface area contributed by atoms with Crippen LogP contribution in [0.1, 0.15) is 13.3 Å². The van der Waals surface area contributed by atoms with Crippen LogP contribution in [0.4, 0.5) is 9.52 Å². The molecule has 0 unspecified atom stereocenters. The van der Waals surface area contributed by atoms with E-state index in [0.29, 0.717) is 11.6 Å². The Bertz CT molecular complexity index is 522. The summed E-state index contributed by atoms with van der Waals surface area (Å²) in [4.78, 5) is 15.4. The second-order valence-electron chi connectivity index (χ2n) is 3.45. The molecule has 17 heavy (non-hydrogen) atoms. The van der Waals surface area contributed by atoms with Gasteiger partial charge in [-0.25, -0.2) is 9.37 Å². The van der Waals surface area contributed by atoms with Gasteiger partial charge in [-0.1, -0.05) is 6.92 Å². The van der Waals surface area contributed by atoms with Gasteiger partial charge in [0, 0.05) is 17.4 Å². The van der Waals surface area contributed by atoms with Crippen LogP contribution >= 0.6 is 11.3 Å². The van der Waals surface area contributed by atoms with E-state index in [-0.39, 0.29) is 11.7 Å². The summed E-state index contributed by atoms with van der Waals surface area (Å²) < 4.78 is 12.8. The molecule has 1 heterocycles. The predicted molar refractivity (Wildman–Crippen MR) is 66.4 cm³/mol. The first-order valence-corrected chi connectivity index (χ1v) is 6.08. The van der Waals surface area contributed by atoms with Crippen LogP contribution in [-0.4, -0.2) is 10.9 Å². The van der Waals surface area contributed by atoms with Gasteiger partial charge in [-0.05, 0) is 24.3 Å². The fraction of sp³-hybridized carbons (Fsp3) is 0.167. The number of nitrogens with one attached hydrogen (secondary N) is 1. The van der Waals surface area contributed by atoms with Gasteiger partial charge in [-0.3, -0.25) is 4.79 Å². The normalized spacial score (nSPS) is 10.2. The SMILES string of the molecule is CCC(=O)Nc1nc(-c2ccc(F)cc2)cs1. The molecule has 0 radical (unpaired) electrons. The highest BCUT2D eigenvalue weighted by atomic mass is 32.1. The van der Waals surface area contributed by atoms with Crippen molar-refractivity contribution in [2.75, 3.05) is 5.32 Å². The van der Waals surface area contributed by atoms with E-state index >= 15 is 0 Å². The molecule has 2 rings (SSSR count). The molecular weight excluding hydrogens is 239 g/mol. The zero-order valence-electron chi connectivity index (χ0n) is 9.24. The number of carbonyl (C=O) groups is 1. The van der Waals surface area contributed by atoms with Crippen molar-refractivity contribution in [2.24, 2.45) is 0 Å². The van der Waals surface area contributed by atoms with E-state index in [4.69, 9.17) is 0 Å². The summed E-state index contributed by atoms with van der Waals surface area (Å²) in [5.41, 5.74) is 1.57. The van der Waals surface area contributed by atoms with Crippen LogP contribution in [0.5, 0.6) is 0 Å². The lowest BCUT2D eigenvalue weighted by atomic mass is 10.2. The first kappa shape index (κ1) is 11.7. The number of aromatic nitrogens is 1. The van der Waals surface area contributed by atoms with Crippen molar-refractivity contribution in [3.63, 3.8) is 0 Å². The Morgan fingerprint density at radius 1 is 1.41 bits per heavy atom. The molecule has 1 aromatic heterocycles.